The summed E-state index contributed by atoms with van der Waals surface area (Å²) in [5.74, 6) is -1.05. The number of para-hydroxylation sites is 1. The summed E-state index contributed by atoms with van der Waals surface area (Å²) in [6.45, 7) is 5.84. The number of esters is 1. The molecular formula is C29H29N3O5. The van der Waals surface area contributed by atoms with Crippen LogP contribution in [0.25, 0.3) is 16.7 Å². The Morgan fingerprint density at radius 1 is 1.03 bits per heavy atom. The van der Waals surface area contributed by atoms with Crippen LogP contribution in [0.4, 0.5) is 0 Å². The predicted molar refractivity (Wildman–Crippen MR) is 140 cm³/mol. The van der Waals surface area contributed by atoms with Gasteiger partial charge in [0.05, 0.1) is 19.0 Å². The van der Waals surface area contributed by atoms with Gasteiger partial charge in [0.25, 0.3) is 5.91 Å². The predicted octanol–water partition coefficient (Wildman–Crippen LogP) is 4.56. The molecule has 0 bridgehead atoms. The molecule has 4 aromatic rings. The second kappa shape index (κ2) is 10.8. The molecule has 0 atom stereocenters. The van der Waals surface area contributed by atoms with Crippen molar-refractivity contribution in [2.75, 3.05) is 13.7 Å². The number of ether oxygens (including phenoxy) is 1. The highest BCUT2D eigenvalue weighted by Crippen LogP contribution is 2.24. The molecule has 0 unspecified atom stereocenters. The molecule has 1 amide bonds. The van der Waals surface area contributed by atoms with Gasteiger partial charge in [-0.05, 0) is 54.8 Å². The number of rotatable bonds is 7. The van der Waals surface area contributed by atoms with Gasteiger partial charge in [-0.15, -0.1) is 0 Å². The molecule has 0 spiro atoms. The van der Waals surface area contributed by atoms with E-state index in [9.17, 15) is 19.6 Å². The van der Waals surface area contributed by atoms with Crippen molar-refractivity contribution >= 4 is 22.9 Å². The zero-order valence-electron chi connectivity index (χ0n) is 21.3. The lowest BCUT2D eigenvalue weighted by Crippen LogP contribution is -2.30. The summed E-state index contributed by atoms with van der Waals surface area (Å²) in [5.41, 5.74) is 2.82. The Morgan fingerprint density at radius 2 is 1.70 bits per heavy atom. The largest absolute Gasteiger partial charge is 0.464 e. The van der Waals surface area contributed by atoms with Gasteiger partial charge in [-0.25, -0.2) is 14.8 Å². The van der Waals surface area contributed by atoms with Gasteiger partial charge in [0, 0.05) is 28.9 Å². The number of benzene rings is 2. The quantitative estimate of drug-likeness (QED) is 0.227. The summed E-state index contributed by atoms with van der Waals surface area (Å²) in [4.78, 5) is 43.9. The van der Waals surface area contributed by atoms with Gasteiger partial charge >= 0.3 is 5.97 Å². The summed E-state index contributed by atoms with van der Waals surface area (Å²) in [5, 5.41) is 11.1. The molecule has 2 aromatic carbocycles. The first-order valence-corrected chi connectivity index (χ1v) is 12.0. The molecule has 0 radical (unpaired) electrons. The maximum absolute atomic E-state index is 13.7. The van der Waals surface area contributed by atoms with Gasteiger partial charge in [0.15, 0.2) is 5.43 Å². The fourth-order valence-corrected chi connectivity index (χ4v) is 4.25. The highest BCUT2D eigenvalue weighted by Gasteiger charge is 2.25. The Labute approximate surface area is 214 Å². The van der Waals surface area contributed by atoms with Crippen molar-refractivity contribution in [3.63, 3.8) is 0 Å². The van der Waals surface area contributed by atoms with Crippen LogP contribution in [-0.4, -0.2) is 45.4 Å². The van der Waals surface area contributed by atoms with Crippen molar-refractivity contribution in [3.8, 4) is 5.69 Å². The molecule has 8 nitrogen and oxygen atoms in total. The first-order chi connectivity index (χ1) is 17.7. The van der Waals surface area contributed by atoms with E-state index in [0.717, 1.165) is 0 Å². The third-order valence-electron chi connectivity index (χ3n) is 6.00. The van der Waals surface area contributed by atoms with Crippen molar-refractivity contribution in [1.82, 2.24) is 14.6 Å². The molecule has 1 N–H and O–H groups in total. The Morgan fingerprint density at radius 3 is 2.32 bits per heavy atom. The smallest absolute Gasteiger partial charge is 0.355 e. The number of hydrogen-bond acceptors (Lipinski definition) is 6. The second-order valence-corrected chi connectivity index (χ2v) is 9.30. The normalized spacial score (nSPS) is 11.1. The number of aryl methyl sites for hydroxylation is 1. The van der Waals surface area contributed by atoms with E-state index in [1.54, 1.807) is 41.0 Å². The average Bonchev–Trinajstić information content (AvgIpc) is 2.89. The molecule has 0 saturated heterocycles. The summed E-state index contributed by atoms with van der Waals surface area (Å²) < 4.78 is 6.78. The maximum atomic E-state index is 13.7. The van der Waals surface area contributed by atoms with Crippen LogP contribution in [0.2, 0.25) is 0 Å². The highest BCUT2D eigenvalue weighted by molar-refractivity contribution is 5.95. The fourth-order valence-electron chi connectivity index (χ4n) is 4.25. The van der Waals surface area contributed by atoms with Crippen molar-refractivity contribution in [2.24, 2.45) is 5.92 Å². The molecular weight excluding hydrogens is 470 g/mol. The number of carbonyl (C=O) groups excluding carboxylic acids is 2. The van der Waals surface area contributed by atoms with Crippen molar-refractivity contribution in [3.05, 3.63) is 105 Å². The Hall–Kier alpha value is -4.30. The van der Waals surface area contributed by atoms with Gasteiger partial charge in [0.1, 0.15) is 11.3 Å². The van der Waals surface area contributed by atoms with E-state index < -0.39 is 11.9 Å². The van der Waals surface area contributed by atoms with Crippen LogP contribution in [0, 0.1) is 12.8 Å². The van der Waals surface area contributed by atoms with E-state index in [1.165, 1.54) is 7.11 Å². The Balaban J connectivity index is 1.86. The number of pyridine rings is 2. The van der Waals surface area contributed by atoms with Crippen LogP contribution in [0.15, 0.2) is 71.5 Å². The van der Waals surface area contributed by atoms with E-state index in [4.69, 9.17) is 4.74 Å². The van der Waals surface area contributed by atoms with Crippen molar-refractivity contribution in [1.29, 1.82) is 0 Å². The van der Waals surface area contributed by atoms with Crippen LogP contribution >= 0.6 is 0 Å². The van der Waals surface area contributed by atoms with Crippen LogP contribution in [0.3, 0.4) is 0 Å². The number of fused-ring (bicyclic) bond motifs is 1. The van der Waals surface area contributed by atoms with E-state index in [2.05, 4.69) is 4.98 Å². The standard InChI is InChI=1S/C29H29N3O5/c1-18(2)17-31(36)28(34)21-13-11-20(12-14-21)16-24-25(29(35)37-4)32(22-8-6-5-7-9-22)27-23(26(24)33)15-10-19(3)30-27/h5-15,18,36H,16-17H2,1-4H3. The summed E-state index contributed by atoms with van der Waals surface area (Å²) >= 11 is 0. The van der Waals surface area contributed by atoms with E-state index >= 15 is 0 Å². The molecule has 4 rings (SSSR count). The molecule has 190 valence electrons. The van der Waals surface area contributed by atoms with E-state index in [1.807, 2.05) is 51.1 Å². The molecule has 2 aromatic heterocycles. The Kier molecular flexibility index (Phi) is 7.50. The topological polar surface area (TPSA) is 102 Å². The highest BCUT2D eigenvalue weighted by atomic mass is 16.5. The molecule has 0 saturated carbocycles. The molecule has 0 aliphatic rings. The first kappa shape index (κ1) is 25.8. The second-order valence-electron chi connectivity index (χ2n) is 9.30. The van der Waals surface area contributed by atoms with Crippen LogP contribution in [0.1, 0.15) is 51.5 Å². The monoisotopic (exact) mass is 499 g/mol. The maximum Gasteiger partial charge on any atom is 0.355 e. The number of amides is 1. The molecule has 37 heavy (non-hydrogen) atoms. The number of nitrogens with zero attached hydrogens (tertiary/aromatic N) is 3. The zero-order valence-corrected chi connectivity index (χ0v) is 21.3. The lowest BCUT2D eigenvalue weighted by atomic mass is 9.99. The molecule has 0 fully saturated rings. The van der Waals surface area contributed by atoms with Crippen molar-refractivity contribution < 1.29 is 19.5 Å². The number of methoxy groups -OCH3 is 1. The van der Waals surface area contributed by atoms with Gasteiger partial charge in [0.2, 0.25) is 0 Å². The van der Waals surface area contributed by atoms with Crippen LogP contribution < -0.4 is 5.43 Å². The van der Waals surface area contributed by atoms with Crippen LogP contribution in [0.5, 0.6) is 0 Å². The Bertz CT molecular complexity index is 1510. The lowest BCUT2D eigenvalue weighted by Gasteiger charge is -2.19. The minimum atomic E-state index is -0.655. The molecule has 0 aliphatic carbocycles. The minimum absolute atomic E-state index is 0.0999. The molecule has 2 heterocycles. The summed E-state index contributed by atoms with van der Waals surface area (Å²) in [7, 11) is 1.28. The lowest BCUT2D eigenvalue weighted by molar-refractivity contribution is -0.0647. The third kappa shape index (κ3) is 5.29. The number of aromatic nitrogens is 2. The van der Waals surface area contributed by atoms with Crippen molar-refractivity contribution in [2.45, 2.75) is 27.2 Å². The zero-order chi connectivity index (χ0) is 26.7. The number of carbonyl (C=O) groups is 2. The molecule has 0 aliphatic heterocycles. The number of hydroxylamine groups is 2. The van der Waals surface area contributed by atoms with E-state index in [0.29, 0.717) is 38.6 Å². The fraction of sp³-hybridized carbons (Fsp3) is 0.241. The summed E-state index contributed by atoms with van der Waals surface area (Å²) in [6.07, 6.45) is 0.128. The van der Waals surface area contributed by atoms with Gasteiger partial charge in [-0.3, -0.25) is 19.4 Å². The third-order valence-corrected chi connectivity index (χ3v) is 6.00. The average molecular weight is 500 g/mol. The van der Waals surface area contributed by atoms with Gasteiger partial charge < -0.3 is 4.74 Å². The van der Waals surface area contributed by atoms with Gasteiger partial charge in [-0.1, -0.05) is 44.2 Å². The van der Waals surface area contributed by atoms with Crippen LogP contribution in [-0.2, 0) is 11.2 Å². The van der Waals surface area contributed by atoms with E-state index in [-0.39, 0.29) is 35.6 Å². The minimum Gasteiger partial charge on any atom is -0.464 e. The van der Waals surface area contributed by atoms with Gasteiger partial charge in [-0.2, -0.15) is 0 Å². The molecule has 8 heteroatoms. The first-order valence-electron chi connectivity index (χ1n) is 12.0. The summed E-state index contributed by atoms with van der Waals surface area (Å²) in [6, 6.07) is 19.3. The SMILES string of the molecule is COC(=O)c1c(Cc2ccc(C(=O)N(O)CC(C)C)cc2)c(=O)c2ccc(C)nc2n1-c1ccccc1. The number of hydrogen-bond donors (Lipinski definition) is 1.